The van der Waals surface area contributed by atoms with E-state index in [1.165, 1.54) is 6.42 Å². The fraction of sp³-hybridized carbons (Fsp3) is 0.571. The van der Waals surface area contributed by atoms with Gasteiger partial charge < -0.3 is 0 Å². The highest BCUT2D eigenvalue weighted by atomic mass is 32.2. The van der Waals surface area contributed by atoms with E-state index in [1.807, 2.05) is 19.1 Å². The maximum absolute atomic E-state index is 12.5. The summed E-state index contributed by atoms with van der Waals surface area (Å²) in [7, 11) is -3.08. The summed E-state index contributed by atoms with van der Waals surface area (Å²) in [6, 6.07) is 7.31. The van der Waals surface area contributed by atoms with Gasteiger partial charge in [0.2, 0.25) is 0 Å². The molecule has 92 valence electrons. The zero-order chi connectivity index (χ0) is 12.0. The lowest BCUT2D eigenvalue weighted by Gasteiger charge is -2.48. The van der Waals surface area contributed by atoms with Crippen molar-refractivity contribution in [3.05, 3.63) is 29.8 Å². The van der Waals surface area contributed by atoms with E-state index >= 15 is 0 Å². The molecule has 0 aromatic heterocycles. The molecule has 1 aromatic rings. The van der Waals surface area contributed by atoms with Gasteiger partial charge in [0.1, 0.15) is 0 Å². The van der Waals surface area contributed by atoms with E-state index in [-0.39, 0.29) is 5.25 Å². The number of fused-ring (bicyclic) bond motifs is 2. The zero-order valence-electron chi connectivity index (χ0n) is 10.1. The van der Waals surface area contributed by atoms with Crippen LogP contribution in [0.5, 0.6) is 0 Å². The lowest BCUT2D eigenvalue weighted by molar-refractivity contribution is 0.121. The molecule has 2 aliphatic carbocycles. The molecule has 1 aromatic carbocycles. The molecule has 1 unspecified atom stereocenters. The molecule has 2 bridgehead atoms. The summed E-state index contributed by atoms with van der Waals surface area (Å²) in [6.45, 7) is 1.98. The van der Waals surface area contributed by atoms with Crippen LogP contribution >= 0.6 is 0 Å². The smallest absolute Gasteiger partial charge is 0.181 e. The van der Waals surface area contributed by atoms with E-state index in [1.54, 1.807) is 12.1 Å². The molecule has 0 spiro atoms. The van der Waals surface area contributed by atoms with Crippen molar-refractivity contribution in [2.75, 3.05) is 0 Å². The number of hydrogen-bond acceptors (Lipinski definition) is 2. The van der Waals surface area contributed by atoms with E-state index in [9.17, 15) is 8.42 Å². The maximum Gasteiger partial charge on any atom is 0.181 e. The molecule has 0 aliphatic heterocycles. The van der Waals surface area contributed by atoms with Crippen LogP contribution in [0.3, 0.4) is 0 Å². The maximum atomic E-state index is 12.5. The number of rotatable bonds is 2. The monoisotopic (exact) mass is 250 g/mol. The Labute approximate surface area is 103 Å². The second-order valence-corrected chi connectivity index (χ2v) is 7.62. The van der Waals surface area contributed by atoms with Crippen molar-refractivity contribution < 1.29 is 8.42 Å². The normalized spacial score (nSPS) is 31.9. The van der Waals surface area contributed by atoms with E-state index in [2.05, 4.69) is 0 Å². The summed E-state index contributed by atoms with van der Waals surface area (Å²) in [5.41, 5.74) is 1.11. The fourth-order valence-corrected chi connectivity index (χ4v) is 5.78. The van der Waals surface area contributed by atoms with Crippen LogP contribution in [0.2, 0.25) is 0 Å². The Hall–Kier alpha value is -0.830. The lowest BCUT2D eigenvalue weighted by Crippen LogP contribution is -2.50. The second kappa shape index (κ2) is 3.84. The van der Waals surface area contributed by atoms with E-state index < -0.39 is 9.84 Å². The summed E-state index contributed by atoms with van der Waals surface area (Å²) < 4.78 is 25.1. The van der Waals surface area contributed by atoms with Gasteiger partial charge in [-0.05, 0) is 50.2 Å². The second-order valence-electron chi connectivity index (χ2n) is 5.51. The van der Waals surface area contributed by atoms with Crippen LogP contribution in [0.1, 0.15) is 31.2 Å². The van der Waals surface area contributed by atoms with Crippen LogP contribution in [-0.4, -0.2) is 13.7 Å². The van der Waals surface area contributed by atoms with Gasteiger partial charge in [-0.15, -0.1) is 0 Å². The summed E-state index contributed by atoms with van der Waals surface area (Å²) in [5.74, 6) is 0.861. The molecule has 3 atom stereocenters. The SMILES string of the molecule is Cc1ccc(S(=O)(=O)C2[C@@H]3CCC[C@H]2C3)cc1. The van der Waals surface area contributed by atoms with Crippen LogP contribution in [0.15, 0.2) is 29.2 Å². The quantitative estimate of drug-likeness (QED) is 0.808. The average molecular weight is 250 g/mol. The van der Waals surface area contributed by atoms with Crippen LogP contribution in [-0.2, 0) is 9.84 Å². The summed E-state index contributed by atoms with van der Waals surface area (Å²) in [6.07, 6.45) is 4.56. The molecule has 3 heteroatoms. The van der Waals surface area contributed by atoms with Crippen molar-refractivity contribution in [1.29, 1.82) is 0 Å². The first-order valence-electron chi connectivity index (χ1n) is 6.39. The van der Waals surface area contributed by atoms with Gasteiger partial charge in [-0.25, -0.2) is 8.42 Å². The van der Waals surface area contributed by atoms with Crippen LogP contribution in [0.25, 0.3) is 0 Å². The summed E-state index contributed by atoms with van der Waals surface area (Å²) >= 11 is 0. The highest BCUT2D eigenvalue weighted by Crippen LogP contribution is 2.50. The number of hydrogen-bond donors (Lipinski definition) is 0. The van der Waals surface area contributed by atoms with Crippen LogP contribution < -0.4 is 0 Å². The standard InChI is InChI=1S/C14H18O2S/c1-10-5-7-13(8-6-10)17(15,16)14-11-3-2-4-12(14)9-11/h5-8,11-12,14H,2-4,9H2,1H3/t11-,12+,14?. The van der Waals surface area contributed by atoms with Gasteiger partial charge in [-0.2, -0.15) is 0 Å². The molecule has 0 amide bonds. The van der Waals surface area contributed by atoms with Crippen molar-refractivity contribution in [1.82, 2.24) is 0 Å². The average Bonchev–Trinajstić information content (AvgIpc) is 2.29. The molecule has 2 nitrogen and oxygen atoms in total. The van der Waals surface area contributed by atoms with Gasteiger partial charge >= 0.3 is 0 Å². The Balaban J connectivity index is 1.94. The van der Waals surface area contributed by atoms with Crippen LogP contribution in [0.4, 0.5) is 0 Å². The Morgan fingerprint density at radius 2 is 1.65 bits per heavy atom. The molecule has 2 saturated carbocycles. The largest absolute Gasteiger partial charge is 0.223 e. The minimum absolute atomic E-state index is 0.0843. The van der Waals surface area contributed by atoms with E-state index in [4.69, 9.17) is 0 Å². The first kappa shape index (κ1) is 11.3. The molecule has 17 heavy (non-hydrogen) atoms. The molecule has 0 N–H and O–H groups in total. The Bertz CT molecular complexity index is 502. The van der Waals surface area contributed by atoms with E-state index in [0.29, 0.717) is 16.7 Å². The fourth-order valence-electron chi connectivity index (χ4n) is 3.44. The van der Waals surface area contributed by atoms with Gasteiger partial charge in [-0.3, -0.25) is 0 Å². The predicted octanol–water partition coefficient (Wildman–Crippen LogP) is 2.96. The van der Waals surface area contributed by atoms with Crippen molar-refractivity contribution >= 4 is 9.84 Å². The summed E-state index contributed by atoms with van der Waals surface area (Å²) in [4.78, 5) is 0.518. The molecule has 2 aliphatic rings. The number of aryl methyl sites for hydroxylation is 1. The molecule has 0 saturated heterocycles. The Morgan fingerprint density at radius 1 is 1.06 bits per heavy atom. The highest BCUT2D eigenvalue weighted by molar-refractivity contribution is 7.92. The molecule has 2 fully saturated rings. The van der Waals surface area contributed by atoms with Gasteiger partial charge in [-0.1, -0.05) is 24.1 Å². The first-order chi connectivity index (χ1) is 8.09. The third kappa shape index (κ3) is 1.71. The highest BCUT2D eigenvalue weighted by Gasteiger charge is 2.50. The number of benzene rings is 1. The molecule has 3 rings (SSSR count). The van der Waals surface area contributed by atoms with Gasteiger partial charge in [0.25, 0.3) is 0 Å². The zero-order valence-corrected chi connectivity index (χ0v) is 10.9. The lowest BCUT2D eigenvalue weighted by atomic mass is 9.65. The van der Waals surface area contributed by atoms with Crippen molar-refractivity contribution in [3.63, 3.8) is 0 Å². The predicted molar refractivity (Wildman–Crippen MR) is 67.6 cm³/mol. The van der Waals surface area contributed by atoms with Gasteiger partial charge in [0.15, 0.2) is 9.84 Å². The van der Waals surface area contributed by atoms with Crippen molar-refractivity contribution in [2.24, 2.45) is 11.8 Å². The topological polar surface area (TPSA) is 34.1 Å². The third-order valence-electron chi connectivity index (χ3n) is 4.39. The minimum atomic E-state index is -3.08. The number of sulfone groups is 1. The van der Waals surface area contributed by atoms with E-state index in [0.717, 1.165) is 24.8 Å². The molecule has 0 radical (unpaired) electrons. The Morgan fingerprint density at radius 3 is 2.18 bits per heavy atom. The molecule has 0 heterocycles. The van der Waals surface area contributed by atoms with Gasteiger partial charge in [0.05, 0.1) is 10.1 Å². The minimum Gasteiger partial charge on any atom is -0.223 e. The molecular weight excluding hydrogens is 232 g/mol. The third-order valence-corrected chi connectivity index (χ3v) is 6.81. The van der Waals surface area contributed by atoms with Crippen molar-refractivity contribution in [2.45, 2.75) is 42.8 Å². The van der Waals surface area contributed by atoms with Crippen molar-refractivity contribution in [3.8, 4) is 0 Å². The van der Waals surface area contributed by atoms with Crippen LogP contribution in [0, 0.1) is 18.8 Å². The Kier molecular flexibility index (Phi) is 2.54. The summed E-state index contributed by atoms with van der Waals surface area (Å²) in [5, 5.41) is -0.0843. The first-order valence-corrected chi connectivity index (χ1v) is 7.94. The van der Waals surface area contributed by atoms with Gasteiger partial charge in [0, 0.05) is 0 Å². The molecular formula is C14H18O2S.